The number of nitrogens with zero attached hydrogens (tertiary/aromatic N) is 2. The smallest absolute Gasteiger partial charge is 0.209 e. The molecule has 2 aromatic rings. The number of methoxy groups -OCH3 is 1. The molecule has 1 aromatic heterocycles. The van der Waals surface area contributed by atoms with E-state index in [4.69, 9.17) is 4.74 Å². The summed E-state index contributed by atoms with van der Waals surface area (Å²) in [6.45, 7) is 0. The molecule has 0 atom stereocenters. The van der Waals surface area contributed by atoms with Gasteiger partial charge >= 0.3 is 0 Å². The number of aromatic nitrogens is 2. The second-order valence-electron chi connectivity index (χ2n) is 2.96. The maximum absolute atomic E-state index is 13.5. The second-order valence-corrected chi connectivity index (χ2v) is 3.74. The largest absolute Gasteiger partial charge is 0.497 e. The summed E-state index contributed by atoms with van der Waals surface area (Å²) >= 11 is 0.936. The highest BCUT2D eigenvalue weighted by Crippen LogP contribution is 2.19. The van der Waals surface area contributed by atoms with E-state index in [0.717, 1.165) is 11.5 Å². The van der Waals surface area contributed by atoms with E-state index in [0.29, 0.717) is 10.6 Å². The molecular weight excluding hydrogens is 231 g/mol. The molecule has 0 saturated heterocycles. The number of benzene rings is 1. The van der Waals surface area contributed by atoms with Crippen LogP contribution in [0, 0.1) is 5.82 Å². The van der Waals surface area contributed by atoms with E-state index in [1.54, 1.807) is 0 Å². The van der Waals surface area contributed by atoms with Crippen LogP contribution in [-0.2, 0) is 0 Å². The average Bonchev–Trinajstić information content (AvgIpc) is 2.81. The Morgan fingerprint density at radius 1 is 1.50 bits per heavy atom. The van der Waals surface area contributed by atoms with Gasteiger partial charge in [0.25, 0.3) is 0 Å². The summed E-state index contributed by atoms with van der Waals surface area (Å²) in [7, 11) is 1.43. The molecule has 16 heavy (non-hydrogen) atoms. The molecule has 1 heterocycles. The van der Waals surface area contributed by atoms with Crippen molar-refractivity contribution in [2.75, 3.05) is 7.11 Å². The van der Waals surface area contributed by atoms with E-state index in [1.165, 1.54) is 31.5 Å². The predicted octanol–water partition coefficient (Wildman–Crippen LogP) is 1.92. The van der Waals surface area contributed by atoms with Crippen molar-refractivity contribution >= 4 is 17.3 Å². The third kappa shape index (κ3) is 1.92. The van der Waals surface area contributed by atoms with Crippen LogP contribution in [0.3, 0.4) is 0 Å². The van der Waals surface area contributed by atoms with Crippen LogP contribution < -0.4 is 4.74 Å². The lowest BCUT2D eigenvalue weighted by Gasteiger charge is -2.02. The number of ether oxygens (including phenoxy) is 1. The van der Waals surface area contributed by atoms with Gasteiger partial charge in [-0.1, -0.05) is 4.49 Å². The zero-order valence-corrected chi connectivity index (χ0v) is 9.12. The SMILES string of the molecule is COc1ccc(C(=O)c2cnns2)c(F)c1. The number of hydrogen-bond donors (Lipinski definition) is 0. The maximum Gasteiger partial charge on any atom is 0.209 e. The standard InChI is InChI=1S/C10H7FN2O2S/c1-15-6-2-3-7(8(11)4-6)10(14)9-5-12-13-16-9/h2-5H,1H3. The van der Waals surface area contributed by atoms with Crippen LogP contribution >= 0.6 is 11.5 Å². The lowest BCUT2D eigenvalue weighted by Crippen LogP contribution is -2.02. The number of carbonyl (C=O) groups excluding carboxylic acids is 1. The highest BCUT2D eigenvalue weighted by molar-refractivity contribution is 7.08. The fourth-order valence-corrected chi connectivity index (χ4v) is 1.68. The lowest BCUT2D eigenvalue weighted by atomic mass is 10.1. The third-order valence-corrected chi connectivity index (χ3v) is 2.67. The van der Waals surface area contributed by atoms with Gasteiger partial charge in [-0.15, -0.1) is 5.10 Å². The van der Waals surface area contributed by atoms with Crippen LogP contribution in [0.25, 0.3) is 0 Å². The van der Waals surface area contributed by atoms with Crippen molar-refractivity contribution in [2.24, 2.45) is 0 Å². The Balaban J connectivity index is 2.38. The van der Waals surface area contributed by atoms with E-state index in [2.05, 4.69) is 9.59 Å². The highest BCUT2D eigenvalue weighted by Gasteiger charge is 2.16. The molecule has 0 saturated carbocycles. The molecule has 0 fully saturated rings. The Morgan fingerprint density at radius 2 is 2.31 bits per heavy atom. The monoisotopic (exact) mass is 238 g/mol. The van der Waals surface area contributed by atoms with E-state index in [9.17, 15) is 9.18 Å². The molecule has 6 heteroatoms. The van der Waals surface area contributed by atoms with E-state index < -0.39 is 11.6 Å². The summed E-state index contributed by atoms with van der Waals surface area (Å²) in [5.74, 6) is -0.663. The first-order chi connectivity index (χ1) is 7.72. The fourth-order valence-electron chi connectivity index (χ4n) is 1.21. The Labute approximate surface area is 94.8 Å². The van der Waals surface area contributed by atoms with E-state index in [-0.39, 0.29) is 5.56 Å². The van der Waals surface area contributed by atoms with Gasteiger partial charge in [0.1, 0.15) is 16.4 Å². The Morgan fingerprint density at radius 3 is 2.88 bits per heavy atom. The molecule has 0 radical (unpaired) electrons. The zero-order chi connectivity index (χ0) is 11.5. The van der Waals surface area contributed by atoms with Crippen molar-refractivity contribution in [2.45, 2.75) is 0 Å². The van der Waals surface area contributed by atoms with Crippen LogP contribution in [0.4, 0.5) is 4.39 Å². The number of carbonyl (C=O) groups is 1. The van der Waals surface area contributed by atoms with Crippen LogP contribution in [0.5, 0.6) is 5.75 Å². The molecule has 4 nitrogen and oxygen atoms in total. The first-order valence-electron chi connectivity index (χ1n) is 4.38. The number of rotatable bonds is 3. The summed E-state index contributed by atoms with van der Waals surface area (Å²) in [5, 5.41) is 3.53. The molecule has 2 rings (SSSR count). The molecule has 0 aliphatic rings. The van der Waals surface area contributed by atoms with Gasteiger partial charge in [0.15, 0.2) is 0 Å². The Kier molecular flexibility index (Phi) is 2.91. The van der Waals surface area contributed by atoms with Gasteiger partial charge in [-0.3, -0.25) is 4.79 Å². The zero-order valence-electron chi connectivity index (χ0n) is 8.31. The summed E-state index contributed by atoms with van der Waals surface area (Å²) in [6, 6.07) is 4.09. The molecule has 0 amide bonds. The molecule has 0 unspecified atom stereocenters. The predicted molar refractivity (Wildman–Crippen MR) is 56.3 cm³/mol. The molecule has 1 aromatic carbocycles. The van der Waals surface area contributed by atoms with E-state index >= 15 is 0 Å². The molecule has 0 aliphatic heterocycles. The third-order valence-electron chi connectivity index (χ3n) is 2.01. The first-order valence-corrected chi connectivity index (χ1v) is 5.15. The Hall–Kier alpha value is -1.82. The molecule has 0 N–H and O–H groups in total. The number of ketones is 1. The second kappa shape index (κ2) is 4.36. The van der Waals surface area contributed by atoms with Crippen molar-refractivity contribution in [3.63, 3.8) is 0 Å². The summed E-state index contributed by atoms with van der Waals surface area (Å²) in [5.41, 5.74) is -0.00755. The normalized spacial score (nSPS) is 10.1. The van der Waals surface area contributed by atoms with Gasteiger partial charge < -0.3 is 4.74 Å². The summed E-state index contributed by atoms with van der Waals surface area (Å²) in [6.07, 6.45) is 1.32. The van der Waals surface area contributed by atoms with Crippen molar-refractivity contribution in [1.82, 2.24) is 9.59 Å². The minimum Gasteiger partial charge on any atom is -0.497 e. The first kappa shape index (κ1) is 10.7. The van der Waals surface area contributed by atoms with Gasteiger partial charge in [-0.2, -0.15) is 0 Å². The van der Waals surface area contributed by atoms with Crippen LogP contribution in [0.1, 0.15) is 15.2 Å². The molecule has 0 spiro atoms. The topological polar surface area (TPSA) is 52.1 Å². The lowest BCUT2D eigenvalue weighted by molar-refractivity contribution is 0.103. The highest BCUT2D eigenvalue weighted by atomic mass is 32.1. The minimum absolute atomic E-state index is 0.00755. The van der Waals surface area contributed by atoms with Crippen LogP contribution in [0.15, 0.2) is 24.4 Å². The summed E-state index contributed by atoms with van der Waals surface area (Å²) in [4.78, 5) is 12.1. The van der Waals surface area contributed by atoms with Gasteiger partial charge in [0.2, 0.25) is 5.78 Å². The molecular formula is C10H7FN2O2S. The van der Waals surface area contributed by atoms with Crippen molar-refractivity contribution in [3.8, 4) is 5.75 Å². The average molecular weight is 238 g/mol. The van der Waals surface area contributed by atoms with Crippen molar-refractivity contribution in [3.05, 3.63) is 40.7 Å². The number of halogens is 1. The van der Waals surface area contributed by atoms with Crippen molar-refractivity contribution in [1.29, 1.82) is 0 Å². The van der Waals surface area contributed by atoms with Crippen LogP contribution in [-0.4, -0.2) is 22.5 Å². The van der Waals surface area contributed by atoms with Gasteiger partial charge in [-0.25, -0.2) is 4.39 Å². The van der Waals surface area contributed by atoms with Gasteiger partial charge in [0, 0.05) is 6.07 Å². The number of hydrogen-bond acceptors (Lipinski definition) is 5. The Bertz CT molecular complexity index is 514. The summed E-state index contributed by atoms with van der Waals surface area (Å²) < 4.78 is 21.9. The van der Waals surface area contributed by atoms with Gasteiger partial charge in [0.05, 0.1) is 18.9 Å². The molecule has 0 aliphatic carbocycles. The minimum atomic E-state index is -0.613. The molecule has 82 valence electrons. The van der Waals surface area contributed by atoms with E-state index in [1.807, 2.05) is 0 Å². The van der Waals surface area contributed by atoms with Crippen molar-refractivity contribution < 1.29 is 13.9 Å². The fraction of sp³-hybridized carbons (Fsp3) is 0.100. The van der Waals surface area contributed by atoms with Gasteiger partial charge in [-0.05, 0) is 23.7 Å². The van der Waals surface area contributed by atoms with Crippen LogP contribution in [0.2, 0.25) is 0 Å². The maximum atomic E-state index is 13.5. The molecule has 0 bridgehead atoms. The quantitative estimate of drug-likeness (QED) is 0.766.